The van der Waals surface area contributed by atoms with Crippen molar-refractivity contribution < 1.29 is 27.3 Å². The Morgan fingerprint density at radius 3 is 2.62 bits per heavy atom. The zero-order valence-electron chi connectivity index (χ0n) is 17.9. The van der Waals surface area contributed by atoms with E-state index in [0.29, 0.717) is 18.2 Å². The first kappa shape index (κ1) is 22.1. The van der Waals surface area contributed by atoms with Crippen molar-refractivity contribution in [2.75, 3.05) is 6.54 Å². The molecule has 32 heavy (non-hydrogen) atoms. The topological polar surface area (TPSA) is 75.4 Å². The fourth-order valence-electron chi connectivity index (χ4n) is 4.28. The van der Waals surface area contributed by atoms with Crippen molar-refractivity contribution in [1.82, 2.24) is 15.4 Å². The highest BCUT2D eigenvalue weighted by Crippen LogP contribution is 2.32. The number of piperazine rings is 1. The van der Waals surface area contributed by atoms with E-state index in [2.05, 4.69) is 10.5 Å². The summed E-state index contributed by atoms with van der Waals surface area (Å²) in [5, 5.41) is 6.48. The molecule has 2 aliphatic rings. The van der Waals surface area contributed by atoms with Crippen LogP contribution in [0.1, 0.15) is 56.4 Å². The Morgan fingerprint density at radius 1 is 1.25 bits per heavy atom. The molecule has 4 rings (SSSR count). The van der Waals surface area contributed by atoms with Gasteiger partial charge in [-0.25, -0.2) is 8.78 Å². The van der Waals surface area contributed by atoms with E-state index in [4.69, 9.17) is 4.52 Å². The van der Waals surface area contributed by atoms with Crippen LogP contribution >= 0.6 is 0 Å². The number of carbonyl (C=O) groups excluding carboxylic acids is 2. The Bertz CT molecular complexity index is 1090. The van der Waals surface area contributed by atoms with Crippen molar-refractivity contribution in [3.63, 3.8) is 0 Å². The van der Waals surface area contributed by atoms with E-state index in [1.165, 1.54) is 4.90 Å². The lowest BCUT2D eigenvalue weighted by molar-refractivity contribution is -0.127. The Kier molecular flexibility index (Phi) is 6.08. The number of halogens is 3. The Balaban J connectivity index is 1.69. The summed E-state index contributed by atoms with van der Waals surface area (Å²) in [6.07, 6.45) is 4.11. The van der Waals surface area contributed by atoms with Crippen LogP contribution in [0.15, 0.2) is 34.0 Å². The highest BCUT2D eigenvalue weighted by Gasteiger charge is 2.39. The number of allylic oxidation sites excluding steroid dienone is 1. The predicted octanol–water partition coefficient (Wildman–Crippen LogP) is 4.57. The van der Waals surface area contributed by atoms with E-state index in [1.807, 2.05) is 13.8 Å². The van der Waals surface area contributed by atoms with Gasteiger partial charge in [0.25, 0.3) is 5.91 Å². The van der Waals surface area contributed by atoms with Gasteiger partial charge in [0.1, 0.15) is 17.7 Å². The van der Waals surface area contributed by atoms with Gasteiger partial charge in [-0.15, -0.1) is 0 Å². The lowest BCUT2D eigenvalue weighted by Crippen LogP contribution is -2.57. The van der Waals surface area contributed by atoms with Gasteiger partial charge in [0.05, 0.1) is 12.1 Å². The average molecular weight is 447 g/mol. The minimum Gasteiger partial charge on any atom is -0.352 e. The molecular formula is C23H24F3N3O3. The number of rotatable bonds is 4. The molecule has 170 valence electrons. The third-order valence-corrected chi connectivity index (χ3v) is 5.88. The number of benzene rings is 1. The first-order valence-electron chi connectivity index (χ1n) is 10.7. The van der Waals surface area contributed by atoms with Crippen molar-refractivity contribution in [2.45, 2.75) is 52.0 Å². The van der Waals surface area contributed by atoms with Crippen molar-refractivity contribution in [3.8, 4) is 11.3 Å². The molecule has 1 N–H and O–H groups in total. The molecule has 2 heterocycles. The van der Waals surface area contributed by atoms with Gasteiger partial charge in [-0.2, -0.15) is 4.39 Å². The Morgan fingerprint density at radius 2 is 1.97 bits per heavy atom. The van der Waals surface area contributed by atoms with Gasteiger partial charge in [0, 0.05) is 11.8 Å². The number of nitrogens with one attached hydrogen (secondary N) is 1. The zero-order chi connectivity index (χ0) is 23.0. The Hall–Kier alpha value is -3.10. The van der Waals surface area contributed by atoms with Crippen molar-refractivity contribution in [2.24, 2.45) is 5.92 Å². The van der Waals surface area contributed by atoms with Crippen molar-refractivity contribution in [3.05, 3.63) is 52.6 Å². The van der Waals surface area contributed by atoms with Gasteiger partial charge in [-0.3, -0.25) is 9.59 Å². The molecular weight excluding hydrogens is 423 g/mol. The third-order valence-electron chi connectivity index (χ3n) is 5.88. The molecule has 2 amide bonds. The van der Waals surface area contributed by atoms with Crippen LogP contribution < -0.4 is 5.32 Å². The molecule has 9 heteroatoms. The average Bonchev–Trinajstić information content (AvgIpc) is 3.39. The second kappa shape index (κ2) is 8.80. The number of amides is 2. The summed E-state index contributed by atoms with van der Waals surface area (Å²) in [4.78, 5) is 27.5. The molecule has 0 bridgehead atoms. The summed E-state index contributed by atoms with van der Waals surface area (Å²) in [5.74, 6) is -4.63. The van der Waals surface area contributed by atoms with Crippen LogP contribution in [-0.2, 0) is 4.79 Å². The van der Waals surface area contributed by atoms with Crippen LogP contribution in [-0.4, -0.2) is 34.5 Å². The number of hydrogen-bond acceptors (Lipinski definition) is 4. The molecule has 1 aliphatic carbocycles. The van der Waals surface area contributed by atoms with E-state index in [9.17, 15) is 18.4 Å². The highest BCUT2D eigenvalue weighted by molar-refractivity contribution is 5.98. The smallest absolute Gasteiger partial charge is 0.280 e. The van der Waals surface area contributed by atoms with Gasteiger partial charge in [-0.05, 0) is 55.7 Å². The molecule has 1 aromatic carbocycles. The van der Waals surface area contributed by atoms with Crippen LogP contribution in [0.25, 0.3) is 11.3 Å². The van der Waals surface area contributed by atoms with Gasteiger partial charge in [-0.1, -0.05) is 19.0 Å². The monoisotopic (exact) mass is 447 g/mol. The lowest BCUT2D eigenvalue weighted by Gasteiger charge is -2.37. The summed E-state index contributed by atoms with van der Waals surface area (Å²) < 4.78 is 47.4. The highest BCUT2D eigenvalue weighted by atomic mass is 19.1. The second-order valence-electron chi connectivity index (χ2n) is 8.66. The third kappa shape index (κ3) is 4.16. The van der Waals surface area contributed by atoms with Crippen molar-refractivity contribution in [1.29, 1.82) is 0 Å². The quantitative estimate of drug-likeness (QED) is 0.745. The maximum Gasteiger partial charge on any atom is 0.280 e. The number of nitrogens with zero attached hydrogens (tertiary/aromatic N) is 2. The Labute approximate surface area is 183 Å². The molecule has 1 aromatic heterocycles. The molecule has 1 atom stereocenters. The van der Waals surface area contributed by atoms with Crippen molar-refractivity contribution >= 4 is 11.8 Å². The van der Waals surface area contributed by atoms with Gasteiger partial charge < -0.3 is 14.7 Å². The molecule has 1 unspecified atom stereocenters. The van der Waals surface area contributed by atoms with E-state index >= 15 is 4.39 Å². The van der Waals surface area contributed by atoms with E-state index < -0.39 is 40.9 Å². The lowest BCUT2D eigenvalue weighted by atomic mass is 9.97. The molecule has 2 aromatic rings. The molecule has 2 fully saturated rings. The first-order chi connectivity index (χ1) is 15.3. The molecule has 1 saturated carbocycles. The maximum atomic E-state index is 15.1. The zero-order valence-corrected chi connectivity index (χ0v) is 17.9. The molecule has 0 spiro atoms. The van der Waals surface area contributed by atoms with Crippen LogP contribution in [0.5, 0.6) is 0 Å². The number of hydrogen-bond donors (Lipinski definition) is 1. The fraction of sp³-hybridized carbons (Fsp3) is 0.435. The van der Waals surface area contributed by atoms with Gasteiger partial charge in [0.15, 0.2) is 0 Å². The van der Waals surface area contributed by atoms with E-state index in [-0.39, 0.29) is 23.9 Å². The second-order valence-corrected chi connectivity index (χ2v) is 8.66. The molecule has 6 nitrogen and oxygen atoms in total. The minimum atomic E-state index is -1.15. The summed E-state index contributed by atoms with van der Waals surface area (Å²) in [6.45, 7) is 3.98. The number of carbonyl (C=O) groups is 2. The van der Waals surface area contributed by atoms with Crippen LogP contribution in [0.2, 0.25) is 0 Å². The predicted molar refractivity (Wildman–Crippen MR) is 110 cm³/mol. The SMILES string of the molecule is CC(C)CC1C(=O)NC(=C2CCCC2)CN1C(=O)c1noc(-c2ccc(F)cc2F)c1F. The van der Waals surface area contributed by atoms with E-state index in [0.717, 1.165) is 43.4 Å². The van der Waals surface area contributed by atoms with Crippen LogP contribution in [0.4, 0.5) is 13.2 Å². The normalized spacial score (nSPS) is 19.1. The molecule has 1 aliphatic heterocycles. The standard InChI is InChI=1S/C23H24F3N3O3/c1-12(2)9-18-22(30)27-17(13-5-3-4-6-13)11-29(18)23(31)20-19(26)21(32-28-20)15-8-7-14(24)10-16(15)25/h7-8,10,12,18H,3-6,9,11H2,1-2H3,(H,27,30). The summed E-state index contributed by atoms with van der Waals surface area (Å²) in [5.41, 5.74) is 0.783. The van der Waals surface area contributed by atoms with Crippen LogP contribution in [0, 0.1) is 23.4 Å². The first-order valence-corrected chi connectivity index (χ1v) is 10.7. The summed E-state index contributed by atoms with van der Waals surface area (Å²) in [6, 6.07) is 1.76. The largest absolute Gasteiger partial charge is 0.352 e. The molecule has 1 saturated heterocycles. The maximum absolute atomic E-state index is 15.1. The van der Waals surface area contributed by atoms with Crippen LogP contribution in [0.3, 0.4) is 0 Å². The van der Waals surface area contributed by atoms with E-state index in [1.54, 1.807) is 0 Å². The number of aromatic nitrogens is 1. The molecule has 0 radical (unpaired) electrons. The van der Waals surface area contributed by atoms with Gasteiger partial charge in [0.2, 0.25) is 23.2 Å². The summed E-state index contributed by atoms with van der Waals surface area (Å²) in [7, 11) is 0. The minimum absolute atomic E-state index is 0.104. The summed E-state index contributed by atoms with van der Waals surface area (Å²) >= 11 is 0. The van der Waals surface area contributed by atoms with Gasteiger partial charge >= 0.3 is 0 Å². The fourth-order valence-corrected chi connectivity index (χ4v) is 4.28.